The summed E-state index contributed by atoms with van der Waals surface area (Å²) < 4.78 is 21.0. The second kappa shape index (κ2) is 7.78. The van der Waals surface area contributed by atoms with Gasteiger partial charge in [0.2, 0.25) is 5.89 Å². The molecule has 0 atom stereocenters. The average Bonchev–Trinajstić information content (AvgIpc) is 3.12. The summed E-state index contributed by atoms with van der Waals surface area (Å²) in [7, 11) is 3.35. The summed E-state index contributed by atoms with van der Waals surface area (Å²) in [4.78, 5) is 2.13. The highest BCUT2D eigenvalue weighted by Crippen LogP contribution is 2.18. The Morgan fingerprint density at radius 2 is 1.90 bits per heavy atom. The van der Waals surface area contributed by atoms with Crippen LogP contribution in [0.5, 0.6) is 0 Å². The number of rotatable bonds is 9. The van der Waals surface area contributed by atoms with E-state index in [0.29, 0.717) is 37.3 Å². The molecular formula is C13H19N3O4. The van der Waals surface area contributed by atoms with Crippen molar-refractivity contribution in [1.29, 1.82) is 0 Å². The van der Waals surface area contributed by atoms with Gasteiger partial charge in [0, 0.05) is 27.3 Å². The Labute approximate surface area is 117 Å². The lowest BCUT2D eigenvalue weighted by atomic mass is 10.4. The van der Waals surface area contributed by atoms with Crippen LogP contribution >= 0.6 is 0 Å². The van der Waals surface area contributed by atoms with Crippen molar-refractivity contribution in [3.8, 4) is 11.7 Å². The number of ether oxygens (including phenoxy) is 2. The van der Waals surface area contributed by atoms with Gasteiger partial charge in [0.1, 0.15) is 0 Å². The van der Waals surface area contributed by atoms with Crippen molar-refractivity contribution in [3.05, 3.63) is 24.3 Å². The van der Waals surface area contributed by atoms with Crippen molar-refractivity contribution in [3.63, 3.8) is 0 Å². The van der Waals surface area contributed by atoms with Gasteiger partial charge in [0.05, 0.1) is 26.0 Å². The molecule has 0 spiro atoms. The fourth-order valence-electron chi connectivity index (χ4n) is 1.72. The number of hydrogen-bond acceptors (Lipinski definition) is 7. The Bertz CT molecular complexity index is 476. The molecule has 0 aliphatic carbocycles. The summed E-state index contributed by atoms with van der Waals surface area (Å²) in [5.41, 5.74) is 0. The molecular weight excluding hydrogens is 262 g/mol. The first-order valence-electron chi connectivity index (χ1n) is 6.40. The normalized spacial score (nSPS) is 11.3. The molecule has 2 aromatic rings. The quantitative estimate of drug-likeness (QED) is 0.688. The second-order valence-electron chi connectivity index (χ2n) is 4.24. The molecule has 110 valence electrons. The Morgan fingerprint density at radius 3 is 2.50 bits per heavy atom. The maximum Gasteiger partial charge on any atom is 0.283 e. The van der Waals surface area contributed by atoms with E-state index in [0.717, 1.165) is 13.1 Å². The molecule has 0 fully saturated rings. The van der Waals surface area contributed by atoms with Crippen LogP contribution in [0.15, 0.2) is 27.2 Å². The first kappa shape index (κ1) is 14.7. The van der Waals surface area contributed by atoms with Gasteiger partial charge in [-0.1, -0.05) is 0 Å². The van der Waals surface area contributed by atoms with Gasteiger partial charge in [-0.3, -0.25) is 4.90 Å². The minimum Gasteiger partial charge on any atom is -0.459 e. The molecule has 0 aliphatic rings. The van der Waals surface area contributed by atoms with E-state index < -0.39 is 0 Å². The molecule has 0 unspecified atom stereocenters. The molecule has 7 nitrogen and oxygen atoms in total. The zero-order chi connectivity index (χ0) is 14.2. The van der Waals surface area contributed by atoms with Crippen molar-refractivity contribution in [2.75, 3.05) is 40.5 Å². The molecule has 2 rings (SSSR count). The smallest absolute Gasteiger partial charge is 0.283 e. The number of hydrogen-bond donors (Lipinski definition) is 0. The Morgan fingerprint density at radius 1 is 1.15 bits per heavy atom. The van der Waals surface area contributed by atoms with Crippen LogP contribution in [0.4, 0.5) is 0 Å². The van der Waals surface area contributed by atoms with E-state index in [9.17, 15) is 0 Å². The molecule has 0 radical (unpaired) electrons. The lowest BCUT2D eigenvalue weighted by molar-refractivity contribution is 0.105. The van der Waals surface area contributed by atoms with Crippen molar-refractivity contribution in [2.24, 2.45) is 0 Å². The van der Waals surface area contributed by atoms with Gasteiger partial charge in [-0.15, -0.1) is 10.2 Å². The first-order chi connectivity index (χ1) is 9.83. The molecule has 0 N–H and O–H groups in total. The van der Waals surface area contributed by atoms with Crippen LogP contribution in [0.25, 0.3) is 11.7 Å². The third-order valence-corrected chi connectivity index (χ3v) is 2.78. The van der Waals surface area contributed by atoms with E-state index in [2.05, 4.69) is 15.1 Å². The molecule has 0 saturated carbocycles. The summed E-state index contributed by atoms with van der Waals surface area (Å²) >= 11 is 0. The standard InChI is InChI=1S/C13H19N3O4/c1-17-8-5-16(6-9-18-2)10-12-14-15-13(20-12)11-4-3-7-19-11/h3-4,7H,5-6,8-10H2,1-2H3. The van der Waals surface area contributed by atoms with E-state index in [1.54, 1.807) is 32.6 Å². The summed E-state index contributed by atoms with van der Waals surface area (Å²) in [6.45, 7) is 3.39. The van der Waals surface area contributed by atoms with Gasteiger partial charge >= 0.3 is 0 Å². The van der Waals surface area contributed by atoms with E-state index in [4.69, 9.17) is 18.3 Å². The monoisotopic (exact) mass is 281 g/mol. The lowest BCUT2D eigenvalue weighted by Gasteiger charge is -2.19. The summed E-state index contributed by atoms with van der Waals surface area (Å²) in [5.74, 6) is 1.51. The average molecular weight is 281 g/mol. The maximum atomic E-state index is 5.58. The van der Waals surface area contributed by atoms with Gasteiger partial charge in [-0.2, -0.15) is 0 Å². The molecule has 2 heterocycles. The Hall–Kier alpha value is -1.70. The fraction of sp³-hybridized carbons (Fsp3) is 0.538. The SMILES string of the molecule is COCCN(CCOC)Cc1nnc(-c2ccco2)o1. The number of aromatic nitrogens is 2. The zero-order valence-electron chi connectivity index (χ0n) is 11.7. The zero-order valence-corrected chi connectivity index (χ0v) is 11.7. The highest BCUT2D eigenvalue weighted by Gasteiger charge is 2.14. The number of nitrogens with zero attached hydrogens (tertiary/aromatic N) is 3. The lowest BCUT2D eigenvalue weighted by Crippen LogP contribution is -2.30. The predicted octanol–water partition coefficient (Wildman–Crippen LogP) is 1.42. The van der Waals surface area contributed by atoms with Crippen LogP contribution in [0, 0.1) is 0 Å². The molecule has 0 aromatic carbocycles. The highest BCUT2D eigenvalue weighted by molar-refractivity contribution is 5.42. The van der Waals surface area contributed by atoms with Crippen LogP contribution < -0.4 is 0 Å². The third kappa shape index (κ3) is 4.16. The van der Waals surface area contributed by atoms with Crippen LogP contribution in [0.3, 0.4) is 0 Å². The Kier molecular flexibility index (Phi) is 5.72. The molecule has 20 heavy (non-hydrogen) atoms. The topological polar surface area (TPSA) is 73.8 Å². The maximum absolute atomic E-state index is 5.58. The first-order valence-corrected chi connectivity index (χ1v) is 6.40. The van der Waals surface area contributed by atoms with Crippen molar-refractivity contribution in [1.82, 2.24) is 15.1 Å². The molecule has 0 bridgehead atoms. The van der Waals surface area contributed by atoms with Crippen molar-refractivity contribution < 1.29 is 18.3 Å². The van der Waals surface area contributed by atoms with E-state index in [1.165, 1.54) is 0 Å². The predicted molar refractivity (Wildman–Crippen MR) is 71.0 cm³/mol. The highest BCUT2D eigenvalue weighted by atomic mass is 16.5. The summed E-state index contributed by atoms with van der Waals surface area (Å²) in [6.07, 6.45) is 1.57. The van der Waals surface area contributed by atoms with Gasteiger partial charge in [0.25, 0.3) is 5.89 Å². The van der Waals surface area contributed by atoms with Gasteiger partial charge in [-0.25, -0.2) is 0 Å². The van der Waals surface area contributed by atoms with E-state index >= 15 is 0 Å². The molecule has 0 aliphatic heterocycles. The van der Waals surface area contributed by atoms with Gasteiger partial charge < -0.3 is 18.3 Å². The minimum absolute atomic E-state index is 0.392. The van der Waals surface area contributed by atoms with Gasteiger partial charge in [0.15, 0.2) is 5.76 Å². The summed E-state index contributed by atoms with van der Waals surface area (Å²) in [6, 6.07) is 3.56. The molecule has 0 saturated heterocycles. The minimum atomic E-state index is 0.392. The largest absolute Gasteiger partial charge is 0.459 e. The van der Waals surface area contributed by atoms with Crippen LogP contribution in [-0.4, -0.2) is 55.6 Å². The Balaban J connectivity index is 1.95. The van der Waals surface area contributed by atoms with Crippen molar-refractivity contribution in [2.45, 2.75) is 6.54 Å². The molecule has 2 aromatic heterocycles. The number of methoxy groups -OCH3 is 2. The third-order valence-electron chi connectivity index (χ3n) is 2.78. The van der Waals surface area contributed by atoms with Crippen LogP contribution in [-0.2, 0) is 16.0 Å². The van der Waals surface area contributed by atoms with Gasteiger partial charge in [-0.05, 0) is 12.1 Å². The molecule has 0 amide bonds. The van der Waals surface area contributed by atoms with Crippen molar-refractivity contribution >= 4 is 0 Å². The van der Waals surface area contributed by atoms with E-state index in [1.807, 2.05) is 0 Å². The number of furan rings is 1. The fourth-order valence-corrected chi connectivity index (χ4v) is 1.72. The summed E-state index contributed by atoms with van der Waals surface area (Å²) in [5, 5.41) is 8.00. The van der Waals surface area contributed by atoms with Crippen LogP contribution in [0.2, 0.25) is 0 Å². The van der Waals surface area contributed by atoms with E-state index in [-0.39, 0.29) is 0 Å². The second-order valence-corrected chi connectivity index (χ2v) is 4.24. The van der Waals surface area contributed by atoms with Crippen LogP contribution in [0.1, 0.15) is 5.89 Å². The molecule has 7 heteroatoms.